The van der Waals surface area contributed by atoms with Gasteiger partial charge in [-0.2, -0.15) is 0 Å². The van der Waals surface area contributed by atoms with Crippen molar-refractivity contribution in [3.63, 3.8) is 0 Å². The van der Waals surface area contributed by atoms with Crippen LogP contribution in [0.1, 0.15) is 17.5 Å². The fourth-order valence-electron chi connectivity index (χ4n) is 3.60. The average molecular weight is 402 g/mol. The monoisotopic (exact) mass is 401 g/mol. The predicted octanol–water partition coefficient (Wildman–Crippen LogP) is 2.84. The minimum Gasteiger partial charge on any atom is -0.383 e. The maximum atomic E-state index is 12.8. The van der Waals surface area contributed by atoms with Crippen LogP contribution < -0.4 is 10.6 Å². The van der Waals surface area contributed by atoms with Gasteiger partial charge in [0.1, 0.15) is 0 Å². The quantitative estimate of drug-likeness (QED) is 0.634. The van der Waals surface area contributed by atoms with Crippen molar-refractivity contribution in [3.8, 4) is 0 Å². The van der Waals surface area contributed by atoms with Crippen molar-refractivity contribution in [1.82, 2.24) is 15.5 Å². The summed E-state index contributed by atoms with van der Waals surface area (Å²) >= 11 is 6.35. The van der Waals surface area contributed by atoms with E-state index in [0.717, 1.165) is 30.1 Å². The topological polar surface area (TPSA) is 53.6 Å². The smallest absolute Gasteiger partial charge is 0.237 e. The maximum Gasteiger partial charge on any atom is 0.237 e. The van der Waals surface area contributed by atoms with Crippen molar-refractivity contribution in [2.45, 2.75) is 31.6 Å². The molecule has 5 nitrogen and oxygen atoms in total. The highest BCUT2D eigenvalue weighted by molar-refractivity contribution is 6.31. The lowest BCUT2D eigenvalue weighted by Crippen LogP contribution is -2.43. The first kappa shape index (κ1) is 20.8. The third kappa shape index (κ3) is 5.79. The van der Waals surface area contributed by atoms with Crippen molar-refractivity contribution >= 4 is 17.5 Å². The number of likely N-dealkylation sites (tertiary alicyclic amines) is 1. The number of halogens is 1. The van der Waals surface area contributed by atoms with E-state index in [1.54, 1.807) is 7.11 Å². The van der Waals surface area contributed by atoms with E-state index in [9.17, 15) is 4.79 Å². The Kier molecular flexibility index (Phi) is 7.86. The molecule has 1 amide bonds. The van der Waals surface area contributed by atoms with Gasteiger partial charge in [0.2, 0.25) is 5.91 Å². The maximum absolute atomic E-state index is 12.8. The van der Waals surface area contributed by atoms with E-state index < -0.39 is 0 Å². The van der Waals surface area contributed by atoms with Crippen molar-refractivity contribution in [3.05, 3.63) is 70.7 Å². The van der Waals surface area contributed by atoms with Gasteiger partial charge in [0, 0.05) is 44.4 Å². The van der Waals surface area contributed by atoms with Crippen LogP contribution in [0.2, 0.25) is 5.02 Å². The molecule has 0 aliphatic carbocycles. The third-order valence-electron chi connectivity index (χ3n) is 5.08. The number of nitrogens with one attached hydrogen (secondary N) is 2. The highest BCUT2D eigenvalue weighted by Crippen LogP contribution is 2.24. The van der Waals surface area contributed by atoms with Crippen LogP contribution >= 0.6 is 11.6 Å². The van der Waals surface area contributed by atoms with Crippen LogP contribution in [0.15, 0.2) is 54.6 Å². The summed E-state index contributed by atoms with van der Waals surface area (Å²) < 4.78 is 5.04. The summed E-state index contributed by atoms with van der Waals surface area (Å²) in [6, 6.07) is 18.2. The summed E-state index contributed by atoms with van der Waals surface area (Å²) in [7, 11) is 1.63. The van der Waals surface area contributed by atoms with E-state index in [-0.39, 0.29) is 18.0 Å². The zero-order valence-corrected chi connectivity index (χ0v) is 17.0. The minimum absolute atomic E-state index is 0.0492. The zero-order valence-electron chi connectivity index (χ0n) is 16.2. The van der Waals surface area contributed by atoms with Gasteiger partial charge in [-0.05, 0) is 23.6 Å². The van der Waals surface area contributed by atoms with Crippen molar-refractivity contribution in [1.29, 1.82) is 0 Å². The van der Waals surface area contributed by atoms with Gasteiger partial charge in [-0.1, -0.05) is 60.1 Å². The summed E-state index contributed by atoms with van der Waals surface area (Å²) in [5.74, 6) is 0.0492. The number of carbonyl (C=O) groups excluding carboxylic acids is 1. The van der Waals surface area contributed by atoms with Crippen LogP contribution in [-0.4, -0.2) is 49.7 Å². The Hall–Kier alpha value is -1.92. The van der Waals surface area contributed by atoms with Gasteiger partial charge < -0.3 is 15.4 Å². The molecule has 1 aliphatic heterocycles. The second-order valence-electron chi connectivity index (χ2n) is 7.12. The molecule has 2 aromatic rings. The Labute approximate surface area is 172 Å². The first-order valence-corrected chi connectivity index (χ1v) is 10.1. The highest BCUT2D eigenvalue weighted by atomic mass is 35.5. The van der Waals surface area contributed by atoms with Crippen molar-refractivity contribution in [2.75, 3.05) is 26.8 Å². The number of amides is 1. The number of carbonyl (C=O) groups is 1. The molecular formula is C22H28ClN3O2. The fraction of sp³-hybridized carbons (Fsp3) is 0.409. The number of rotatable bonds is 9. The molecule has 2 atom stereocenters. The second-order valence-corrected chi connectivity index (χ2v) is 7.53. The normalized spacial score (nSPS) is 19.6. The summed E-state index contributed by atoms with van der Waals surface area (Å²) in [6.07, 6.45) is 0.774. The molecule has 3 rings (SSSR count). The van der Waals surface area contributed by atoms with Crippen LogP contribution in [0.3, 0.4) is 0 Å². The third-order valence-corrected chi connectivity index (χ3v) is 5.45. The predicted molar refractivity (Wildman–Crippen MR) is 112 cm³/mol. The number of hydrogen-bond acceptors (Lipinski definition) is 4. The molecule has 0 saturated carbocycles. The molecule has 0 bridgehead atoms. The molecule has 1 fully saturated rings. The van der Waals surface area contributed by atoms with Gasteiger partial charge >= 0.3 is 0 Å². The number of nitrogens with zero attached hydrogens (tertiary/aromatic N) is 1. The Morgan fingerprint density at radius 3 is 2.68 bits per heavy atom. The molecule has 0 radical (unpaired) electrons. The summed E-state index contributed by atoms with van der Waals surface area (Å²) in [4.78, 5) is 15.0. The van der Waals surface area contributed by atoms with Crippen LogP contribution in [0, 0.1) is 0 Å². The molecule has 28 heavy (non-hydrogen) atoms. The molecule has 0 aromatic heterocycles. The van der Waals surface area contributed by atoms with Crippen molar-refractivity contribution in [2.24, 2.45) is 0 Å². The van der Waals surface area contributed by atoms with E-state index in [0.29, 0.717) is 19.7 Å². The lowest BCUT2D eigenvalue weighted by atomic mass is 10.1. The van der Waals surface area contributed by atoms with Crippen molar-refractivity contribution < 1.29 is 9.53 Å². The molecular weight excluding hydrogens is 374 g/mol. The number of methoxy groups -OCH3 is 1. The zero-order chi connectivity index (χ0) is 19.8. The van der Waals surface area contributed by atoms with Gasteiger partial charge in [-0.25, -0.2) is 0 Å². The molecule has 1 saturated heterocycles. The first-order chi connectivity index (χ1) is 13.7. The van der Waals surface area contributed by atoms with E-state index in [2.05, 4.69) is 27.7 Å². The number of ether oxygens (including phenoxy) is 1. The van der Waals surface area contributed by atoms with E-state index in [4.69, 9.17) is 16.3 Å². The largest absolute Gasteiger partial charge is 0.383 e. The molecule has 0 unspecified atom stereocenters. The highest BCUT2D eigenvalue weighted by Gasteiger charge is 2.36. The Morgan fingerprint density at radius 1 is 1.18 bits per heavy atom. The first-order valence-electron chi connectivity index (χ1n) is 9.69. The van der Waals surface area contributed by atoms with Gasteiger partial charge in [0.05, 0.1) is 12.6 Å². The SMILES string of the molecule is COCCNC(=O)[C@@H]1C[C@H](NCc2ccccc2)CN1Cc1ccccc1Cl. The van der Waals surface area contributed by atoms with E-state index in [1.165, 1.54) is 5.56 Å². The van der Waals surface area contributed by atoms with Crippen LogP contribution in [0.25, 0.3) is 0 Å². The Morgan fingerprint density at radius 2 is 1.93 bits per heavy atom. The Bertz CT molecular complexity index is 756. The molecule has 0 spiro atoms. The second kappa shape index (κ2) is 10.6. The fourth-order valence-corrected chi connectivity index (χ4v) is 3.79. The molecule has 1 aliphatic rings. The molecule has 6 heteroatoms. The molecule has 1 heterocycles. The van der Waals surface area contributed by atoms with E-state index >= 15 is 0 Å². The number of benzene rings is 2. The summed E-state index contributed by atoms with van der Waals surface area (Å²) in [6.45, 7) is 3.29. The summed E-state index contributed by atoms with van der Waals surface area (Å²) in [5.41, 5.74) is 2.29. The minimum atomic E-state index is -0.179. The van der Waals surface area contributed by atoms with Crippen LogP contribution in [0.5, 0.6) is 0 Å². The van der Waals surface area contributed by atoms with Gasteiger partial charge in [-0.3, -0.25) is 9.69 Å². The van der Waals surface area contributed by atoms with Crippen LogP contribution in [-0.2, 0) is 22.6 Å². The van der Waals surface area contributed by atoms with E-state index in [1.807, 2.05) is 42.5 Å². The summed E-state index contributed by atoms with van der Waals surface area (Å²) in [5, 5.41) is 7.32. The lowest BCUT2D eigenvalue weighted by molar-refractivity contribution is -0.125. The molecule has 2 aromatic carbocycles. The Balaban J connectivity index is 1.65. The van der Waals surface area contributed by atoms with Crippen LogP contribution in [0.4, 0.5) is 0 Å². The van der Waals surface area contributed by atoms with Gasteiger partial charge in [-0.15, -0.1) is 0 Å². The number of hydrogen-bond donors (Lipinski definition) is 2. The standard InChI is InChI=1S/C22H28ClN3O2/c1-28-12-11-24-22(27)21-13-19(25-14-17-7-3-2-4-8-17)16-26(21)15-18-9-5-6-10-20(18)23/h2-10,19,21,25H,11-16H2,1H3,(H,24,27)/t19-,21-/m0/s1. The molecule has 2 N–H and O–H groups in total. The molecule has 150 valence electrons. The average Bonchev–Trinajstić information content (AvgIpc) is 3.12. The van der Waals surface area contributed by atoms with Gasteiger partial charge in [0.15, 0.2) is 0 Å². The lowest BCUT2D eigenvalue weighted by Gasteiger charge is -2.24. The van der Waals surface area contributed by atoms with Gasteiger partial charge in [0.25, 0.3) is 0 Å².